The molecule has 1 heterocycles. The third kappa shape index (κ3) is 4.31. The second kappa shape index (κ2) is 8.47. The van der Waals surface area contributed by atoms with E-state index < -0.39 is 0 Å². The van der Waals surface area contributed by atoms with Crippen LogP contribution in [0.5, 0.6) is 11.5 Å². The summed E-state index contributed by atoms with van der Waals surface area (Å²) in [7, 11) is 1.95. The predicted octanol–water partition coefficient (Wildman–Crippen LogP) is 3.64. The van der Waals surface area contributed by atoms with Gasteiger partial charge in [0.1, 0.15) is 13.2 Å². The van der Waals surface area contributed by atoms with Crippen molar-refractivity contribution in [3.8, 4) is 11.5 Å². The van der Waals surface area contributed by atoms with Crippen molar-refractivity contribution in [2.24, 2.45) is 0 Å². The molecule has 2 aromatic rings. The molecule has 0 radical (unpaired) electrons. The summed E-state index contributed by atoms with van der Waals surface area (Å²) in [6.45, 7) is 3.71. The van der Waals surface area contributed by atoms with Crippen LogP contribution in [0, 0.1) is 0 Å². The van der Waals surface area contributed by atoms with Crippen molar-refractivity contribution in [3.63, 3.8) is 0 Å². The number of ether oxygens (including phenoxy) is 2. The highest BCUT2D eigenvalue weighted by Crippen LogP contribution is 2.31. The summed E-state index contributed by atoms with van der Waals surface area (Å²) in [5.74, 6) is 1.53. The highest BCUT2D eigenvalue weighted by Gasteiger charge is 2.20. The SMILES string of the molecule is CSc1ccccc1NC(=O)C(C)N(C)Cc1ccc2c(c1)OCCO2. The Balaban J connectivity index is 1.63. The molecule has 5 nitrogen and oxygen atoms in total. The van der Waals surface area contributed by atoms with Crippen molar-refractivity contribution in [1.82, 2.24) is 4.90 Å². The number of rotatable bonds is 6. The van der Waals surface area contributed by atoms with Gasteiger partial charge in [0.05, 0.1) is 11.7 Å². The Morgan fingerprint density at radius 3 is 2.69 bits per heavy atom. The molecule has 0 aromatic heterocycles. The molecule has 0 saturated carbocycles. The van der Waals surface area contributed by atoms with Crippen LogP contribution in [-0.2, 0) is 11.3 Å². The Hall–Kier alpha value is -2.18. The van der Waals surface area contributed by atoms with Gasteiger partial charge in [0.15, 0.2) is 11.5 Å². The second-order valence-corrected chi connectivity index (χ2v) is 7.11. The van der Waals surface area contributed by atoms with Crippen LogP contribution in [0.3, 0.4) is 0 Å². The van der Waals surface area contributed by atoms with Gasteiger partial charge in [-0.25, -0.2) is 0 Å². The number of nitrogens with one attached hydrogen (secondary N) is 1. The number of carbonyl (C=O) groups is 1. The van der Waals surface area contributed by atoms with Gasteiger partial charge in [0.2, 0.25) is 5.91 Å². The third-order valence-corrected chi connectivity index (χ3v) is 5.24. The summed E-state index contributed by atoms with van der Waals surface area (Å²) in [5.41, 5.74) is 1.94. The minimum absolute atomic E-state index is 0.0217. The molecule has 6 heteroatoms. The lowest BCUT2D eigenvalue weighted by Gasteiger charge is -2.25. The molecular weight excluding hydrogens is 348 g/mol. The van der Waals surface area contributed by atoms with Gasteiger partial charge in [-0.05, 0) is 50.1 Å². The van der Waals surface area contributed by atoms with Crippen molar-refractivity contribution in [3.05, 3.63) is 48.0 Å². The first kappa shape index (κ1) is 18.6. The average molecular weight is 372 g/mol. The zero-order chi connectivity index (χ0) is 18.5. The molecule has 1 aliphatic rings. The lowest BCUT2D eigenvalue weighted by Crippen LogP contribution is -2.39. The van der Waals surface area contributed by atoms with Gasteiger partial charge in [0.25, 0.3) is 0 Å². The Kier molecular flexibility index (Phi) is 6.06. The maximum atomic E-state index is 12.6. The molecule has 0 bridgehead atoms. The fourth-order valence-electron chi connectivity index (χ4n) is 2.80. The van der Waals surface area contributed by atoms with Crippen LogP contribution in [0.25, 0.3) is 0 Å². The largest absolute Gasteiger partial charge is 0.486 e. The van der Waals surface area contributed by atoms with Crippen LogP contribution in [0.15, 0.2) is 47.4 Å². The van der Waals surface area contributed by atoms with Gasteiger partial charge in [-0.15, -0.1) is 11.8 Å². The Morgan fingerprint density at radius 1 is 1.19 bits per heavy atom. The van der Waals surface area contributed by atoms with Crippen LogP contribution in [-0.4, -0.2) is 43.4 Å². The van der Waals surface area contributed by atoms with Gasteiger partial charge in [-0.1, -0.05) is 18.2 Å². The smallest absolute Gasteiger partial charge is 0.241 e. The first-order valence-corrected chi connectivity index (χ1v) is 9.83. The van der Waals surface area contributed by atoms with Gasteiger partial charge in [-0.2, -0.15) is 0 Å². The third-order valence-electron chi connectivity index (χ3n) is 4.44. The van der Waals surface area contributed by atoms with E-state index in [1.165, 1.54) is 0 Å². The van der Waals surface area contributed by atoms with E-state index in [4.69, 9.17) is 9.47 Å². The summed E-state index contributed by atoms with van der Waals surface area (Å²) >= 11 is 1.62. The summed E-state index contributed by atoms with van der Waals surface area (Å²) in [4.78, 5) is 15.7. The molecule has 0 aliphatic carbocycles. The van der Waals surface area contributed by atoms with Gasteiger partial charge < -0.3 is 14.8 Å². The highest BCUT2D eigenvalue weighted by molar-refractivity contribution is 7.98. The average Bonchev–Trinajstić information content (AvgIpc) is 2.67. The molecule has 0 saturated heterocycles. The fraction of sp³-hybridized carbons (Fsp3) is 0.350. The number of likely N-dealkylation sites (N-methyl/N-ethyl adjacent to an activating group) is 1. The molecule has 1 atom stereocenters. The topological polar surface area (TPSA) is 50.8 Å². The molecule has 0 spiro atoms. The van der Waals surface area contributed by atoms with E-state index in [2.05, 4.69) is 5.32 Å². The number of carbonyl (C=O) groups excluding carboxylic acids is 1. The van der Waals surface area contributed by atoms with Crippen LogP contribution < -0.4 is 14.8 Å². The van der Waals surface area contributed by atoms with Crippen LogP contribution in [0.2, 0.25) is 0 Å². The number of anilines is 1. The van der Waals surface area contributed by atoms with E-state index in [-0.39, 0.29) is 11.9 Å². The first-order chi connectivity index (χ1) is 12.6. The second-order valence-electron chi connectivity index (χ2n) is 6.26. The molecule has 3 rings (SSSR count). The van der Waals surface area contributed by atoms with Crippen molar-refractivity contribution in [2.75, 3.05) is 31.8 Å². The van der Waals surface area contributed by atoms with Crippen molar-refractivity contribution >= 4 is 23.4 Å². The van der Waals surface area contributed by atoms with Crippen LogP contribution in [0.1, 0.15) is 12.5 Å². The zero-order valence-corrected chi connectivity index (χ0v) is 16.1. The van der Waals surface area contributed by atoms with E-state index in [1.54, 1.807) is 11.8 Å². The van der Waals surface area contributed by atoms with Gasteiger partial charge >= 0.3 is 0 Å². The minimum atomic E-state index is -0.266. The fourth-order valence-corrected chi connectivity index (χ4v) is 3.35. The number of benzene rings is 2. The monoisotopic (exact) mass is 372 g/mol. The number of nitrogens with zero attached hydrogens (tertiary/aromatic N) is 1. The summed E-state index contributed by atoms with van der Waals surface area (Å²) in [6.07, 6.45) is 2.00. The normalized spacial score (nSPS) is 14.2. The zero-order valence-electron chi connectivity index (χ0n) is 15.3. The highest BCUT2D eigenvalue weighted by atomic mass is 32.2. The number of hydrogen-bond acceptors (Lipinski definition) is 5. The van der Waals surface area contributed by atoms with Gasteiger partial charge in [0, 0.05) is 11.4 Å². The molecule has 0 fully saturated rings. The Labute approximate surface area is 158 Å². The first-order valence-electron chi connectivity index (χ1n) is 8.61. The van der Waals surface area contributed by atoms with Crippen LogP contribution in [0.4, 0.5) is 5.69 Å². The molecule has 138 valence electrons. The van der Waals surface area contributed by atoms with E-state index in [0.29, 0.717) is 19.8 Å². The number of hydrogen-bond donors (Lipinski definition) is 1. The van der Waals surface area contributed by atoms with Crippen LogP contribution >= 0.6 is 11.8 Å². The standard InChI is InChI=1S/C20H24N2O3S/c1-14(20(23)21-16-6-4-5-7-19(16)26-3)22(2)13-15-8-9-17-18(12-15)25-11-10-24-17/h4-9,12,14H,10-11,13H2,1-3H3,(H,21,23). The van der Waals surface area contributed by atoms with Crippen molar-refractivity contribution in [2.45, 2.75) is 24.4 Å². The van der Waals surface area contributed by atoms with E-state index in [0.717, 1.165) is 27.6 Å². The molecular formula is C20H24N2O3S. The minimum Gasteiger partial charge on any atom is -0.486 e. The number of thioether (sulfide) groups is 1. The van der Waals surface area contributed by atoms with Gasteiger partial charge in [-0.3, -0.25) is 9.69 Å². The maximum absolute atomic E-state index is 12.6. The molecule has 2 aromatic carbocycles. The number of para-hydroxylation sites is 1. The molecule has 26 heavy (non-hydrogen) atoms. The lowest BCUT2D eigenvalue weighted by molar-refractivity contribution is -0.120. The molecule has 1 unspecified atom stereocenters. The molecule has 1 N–H and O–H groups in total. The molecule has 1 aliphatic heterocycles. The summed E-state index contributed by atoms with van der Waals surface area (Å²) < 4.78 is 11.2. The van der Waals surface area contributed by atoms with Crippen molar-refractivity contribution in [1.29, 1.82) is 0 Å². The number of amides is 1. The lowest BCUT2D eigenvalue weighted by atomic mass is 10.1. The maximum Gasteiger partial charge on any atom is 0.241 e. The number of fused-ring (bicyclic) bond motifs is 1. The Morgan fingerprint density at radius 2 is 1.92 bits per heavy atom. The predicted molar refractivity (Wildman–Crippen MR) is 105 cm³/mol. The quantitative estimate of drug-likeness (QED) is 0.785. The van der Waals surface area contributed by atoms with E-state index >= 15 is 0 Å². The van der Waals surface area contributed by atoms with E-state index in [9.17, 15) is 4.79 Å². The summed E-state index contributed by atoms with van der Waals surface area (Å²) in [5, 5.41) is 3.03. The summed E-state index contributed by atoms with van der Waals surface area (Å²) in [6, 6.07) is 13.5. The van der Waals surface area contributed by atoms with E-state index in [1.807, 2.05) is 67.6 Å². The Bertz CT molecular complexity index is 781. The molecule has 1 amide bonds. The van der Waals surface area contributed by atoms with Crippen molar-refractivity contribution < 1.29 is 14.3 Å².